The van der Waals surface area contributed by atoms with Crippen LogP contribution in [0.25, 0.3) is 0 Å². The van der Waals surface area contributed by atoms with Crippen molar-refractivity contribution >= 4 is 0 Å². The molecule has 0 aromatic heterocycles. The van der Waals surface area contributed by atoms with Crippen LogP contribution in [0.5, 0.6) is 0 Å². The topological polar surface area (TPSA) is 15.3 Å². The Morgan fingerprint density at radius 1 is 1.54 bits per heavy atom. The van der Waals surface area contributed by atoms with Crippen molar-refractivity contribution in [1.29, 1.82) is 0 Å². The molecular weight excluding hydrogens is 160 g/mol. The Balaban J connectivity index is 2.22. The quantitative estimate of drug-likeness (QED) is 0.667. The monoisotopic (exact) mass is 182 g/mol. The molecule has 0 radical (unpaired) electrons. The third-order valence-corrected chi connectivity index (χ3v) is 2.52. The third-order valence-electron chi connectivity index (χ3n) is 2.52. The molecule has 0 aromatic rings. The SMILES string of the molecule is C/C=C/CCN1CCCNC(C)C1. The van der Waals surface area contributed by atoms with Crippen molar-refractivity contribution in [3.8, 4) is 0 Å². The van der Waals surface area contributed by atoms with Gasteiger partial charge in [-0.2, -0.15) is 0 Å². The minimum Gasteiger partial charge on any atom is -0.313 e. The summed E-state index contributed by atoms with van der Waals surface area (Å²) in [4.78, 5) is 2.56. The summed E-state index contributed by atoms with van der Waals surface area (Å²) in [6, 6.07) is 0.660. The first-order chi connectivity index (χ1) is 6.33. The highest BCUT2D eigenvalue weighted by molar-refractivity contribution is 4.80. The van der Waals surface area contributed by atoms with E-state index in [9.17, 15) is 0 Å². The van der Waals surface area contributed by atoms with Gasteiger partial charge < -0.3 is 10.2 Å². The highest BCUT2D eigenvalue weighted by Gasteiger charge is 2.12. The molecule has 1 unspecified atom stereocenters. The van der Waals surface area contributed by atoms with Crippen molar-refractivity contribution in [2.24, 2.45) is 0 Å². The molecule has 0 amide bonds. The van der Waals surface area contributed by atoms with Crippen LogP contribution in [0.15, 0.2) is 12.2 Å². The van der Waals surface area contributed by atoms with Crippen molar-refractivity contribution in [3.63, 3.8) is 0 Å². The zero-order valence-electron chi connectivity index (χ0n) is 8.92. The van der Waals surface area contributed by atoms with E-state index in [1.54, 1.807) is 0 Å². The second-order valence-electron chi connectivity index (χ2n) is 3.87. The number of hydrogen-bond donors (Lipinski definition) is 1. The van der Waals surface area contributed by atoms with Crippen LogP contribution >= 0.6 is 0 Å². The Kier molecular flexibility index (Phi) is 5.09. The Bertz CT molecular complexity index is 154. The molecule has 1 saturated heterocycles. The summed E-state index contributed by atoms with van der Waals surface area (Å²) in [6.45, 7) is 9.23. The van der Waals surface area contributed by atoms with Gasteiger partial charge in [0.25, 0.3) is 0 Å². The lowest BCUT2D eigenvalue weighted by molar-refractivity contribution is 0.278. The minimum atomic E-state index is 0.660. The van der Waals surface area contributed by atoms with E-state index in [1.807, 2.05) is 0 Å². The fourth-order valence-corrected chi connectivity index (χ4v) is 1.82. The number of nitrogens with zero attached hydrogens (tertiary/aromatic N) is 1. The molecule has 0 aromatic carbocycles. The summed E-state index contributed by atoms with van der Waals surface area (Å²) in [5.41, 5.74) is 0. The van der Waals surface area contributed by atoms with Crippen molar-refractivity contribution in [2.45, 2.75) is 32.7 Å². The zero-order chi connectivity index (χ0) is 9.52. The van der Waals surface area contributed by atoms with E-state index in [1.165, 1.54) is 39.0 Å². The number of hydrogen-bond acceptors (Lipinski definition) is 2. The molecular formula is C11H22N2. The lowest BCUT2D eigenvalue weighted by Gasteiger charge is -2.21. The highest BCUT2D eigenvalue weighted by Crippen LogP contribution is 2.01. The molecule has 1 atom stereocenters. The molecule has 0 bridgehead atoms. The fraction of sp³-hybridized carbons (Fsp3) is 0.818. The summed E-state index contributed by atoms with van der Waals surface area (Å²) < 4.78 is 0. The van der Waals surface area contributed by atoms with Gasteiger partial charge >= 0.3 is 0 Å². The van der Waals surface area contributed by atoms with Gasteiger partial charge in [-0.25, -0.2) is 0 Å². The standard InChI is InChI=1S/C11H22N2/c1-3-4-5-8-13-9-6-7-12-11(2)10-13/h3-4,11-12H,5-10H2,1-2H3/b4-3+. The van der Waals surface area contributed by atoms with E-state index in [0.717, 1.165) is 0 Å². The van der Waals surface area contributed by atoms with Crippen molar-refractivity contribution < 1.29 is 0 Å². The van der Waals surface area contributed by atoms with Gasteiger partial charge in [0, 0.05) is 19.1 Å². The van der Waals surface area contributed by atoms with Crippen LogP contribution in [-0.2, 0) is 0 Å². The fourth-order valence-electron chi connectivity index (χ4n) is 1.82. The molecule has 13 heavy (non-hydrogen) atoms. The number of nitrogens with one attached hydrogen (secondary N) is 1. The highest BCUT2D eigenvalue weighted by atomic mass is 15.2. The Morgan fingerprint density at radius 3 is 3.15 bits per heavy atom. The Labute approximate surface area is 82.0 Å². The zero-order valence-corrected chi connectivity index (χ0v) is 8.92. The lowest BCUT2D eigenvalue weighted by Crippen LogP contribution is -2.35. The van der Waals surface area contributed by atoms with Gasteiger partial charge in [0.15, 0.2) is 0 Å². The van der Waals surface area contributed by atoms with Crippen LogP contribution in [0.4, 0.5) is 0 Å². The molecule has 1 fully saturated rings. The van der Waals surface area contributed by atoms with Crippen LogP contribution in [0.1, 0.15) is 26.7 Å². The van der Waals surface area contributed by atoms with Crippen LogP contribution < -0.4 is 5.32 Å². The maximum absolute atomic E-state index is 3.51. The summed E-state index contributed by atoms with van der Waals surface area (Å²) >= 11 is 0. The van der Waals surface area contributed by atoms with E-state index in [0.29, 0.717) is 6.04 Å². The molecule has 1 aliphatic rings. The van der Waals surface area contributed by atoms with Crippen molar-refractivity contribution in [2.75, 3.05) is 26.2 Å². The molecule has 1 N–H and O–H groups in total. The molecule has 76 valence electrons. The van der Waals surface area contributed by atoms with Gasteiger partial charge in [-0.1, -0.05) is 12.2 Å². The van der Waals surface area contributed by atoms with Gasteiger partial charge in [-0.15, -0.1) is 0 Å². The molecule has 2 heteroatoms. The van der Waals surface area contributed by atoms with E-state index < -0.39 is 0 Å². The molecule has 2 nitrogen and oxygen atoms in total. The van der Waals surface area contributed by atoms with Gasteiger partial charge in [0.1, 0.15) is 0 Å². The van der Waals surface area contributed by atoms with Gasteiger partial charge in [-0.3, -0.25) is 0 Å². The first-order valence-electron chi connectivity index (χ1n) is 5.40. The average molecular weight is 182 g/mol. The summed E-state index contributed by atoms with van der Waals surface area (Å²) in [5.74, 6) is 0. The maximum atomic E-state index is 3.51. The van der Waals surface area contributed by atoms with Crippen molar-refractivity contribution in [3.05, 3.63) is 12.2 Å². The number of rotatable bonds is 3. The Morgan fingerprint density at radius 2 is 2.38 bits per heavy atom. The maximum Gasteiger partial charge on any atom is 0.0166 e. The summed E-state index contributed by atoms with van der Waals surface area (Å²) in [7, 11) is 0. The lowest BCUT2D eigenvalue weighted by atomic mass is 10.3. The normalized spacial score (nSPS) is 26.5. The largest absolute Gasteiger partial charge is 0.313 e. The van der Waals surface area contributed by atoms with Crippen LogP contribution in [0.2, 0.25) is 0 Å². The van der Waals surface area contributed by atoms with E-state index in [4.69, 9.17) is 0 Å². The number of allylic oxidation sites excluding steroid dienone is 1. The van der Waals surface area contributed by atoms with Crippen LogP contribution in [0.3, 0.4) is 0 Å². The van der Waals surface area contributed by atoms with Crippen LogP contribution in [-0.4, -0.2) is 37.1 Å². The Hall–Kier alpha value is -0.340. The molecule has 0 saturated carbocycles. The molecule has 0 spiro atoms. The van der Waals surface area contributed by atoms with Gasteiger partial charge in [0.2, 0.25) is 0 Å². The third kappa shape index (κ3) is 4.44. The second-order valence-corrected chi connectivity index (χ2v) is 3.87. The first-order valence-corrected chi connectivity index (χ1v) is 5.40. The predicted molar refractivity (Wildman–Crippen MR) is 58.0 cm³/mol. The minimum absolute atomic E-state index is 0.660. The second kappa shape index (κ2) is 6.17. The molecule has 1 rings (SSSR count). The van der Waals surface area contributed by atoms with Gasteiger partial charge in [0.05, 0.1) is 0 Å². The first kappa shape index (κ1) is 10.7. The van der Waals surface area contributed by atoms with E-state index in [2.05, 4.69) is 36.2 Å². The smallest absolute Gasteiger partial charge is 0.0166 e. The van der Waals surface area contributed by atoms with Gasteiger partial charge in [-0.05, 0) is 39.8 Å². The summed E-state index contributed by atoms with van der Waals surface area (Å²) in [6.07, 6.45) is 6.88. The van der Waals surface area contributed by atoms with Crippen LogP contribution in [0, 0.1) is 0 Å². The van der Waals surface area contributed by atoms with E-state index >= 15 is 0 Å². The average Bonchev–Trinajstić information content (AvgIpc) is 2.31. The molecule has 1 aliphatic heterocycles. The predicted octanol–water partition coefficient (Wildman–Crippen LogP) is 1.64. The summed E-state index contributed by atoms with van der Waals surface area (Å²) in [5, 5.41) is 3.51. The molecule has 0 aliphatic carbocycles. The van der Waals surface area contributed by atoms with Crippen molar-refractivity contribution in [1.82, 2.24) is 10.2 Å². The molecule has 1 heterocycles. The van der Waals surface area contributed by atoms with E-state index in [-0.39, 0.29) is 0 Å².